The lowest BCUT2D eigenvalue weighted by atomic mass is 9.91. The van der Waals surface area contributed by atoms with Crippen LogP contribution in [0.3, 0.4) is 0 Å². The van der Waals surface area contributed by atoms with Crippen LogP contribution in [-0.4, -0.2) is 15.9 Å². The van der Waals surface area contributed by atoms with E-state index in [1.165, 1.54) is 10.9 Å². The molecule has 5 heteroatoms. The van der Waals surface area contributed by atoms with E-state index < -0.39 is 0 Å². The number of aromatic amines is 2. The monoisotopic (exact) mass is 363 g/mol. The van der Waals surface area contributed by atoms with Gasteiger partial charge in [-0.2, -0.15) is 0 Å². The minimum absolute atomic E-state index is 0.00776. The van der Waals surface area contributed by atoms with Crippen molar-refractivity contribution in [3.8, 4) is 0 Å². The average Bonchev–Trinajstić information content (AvgIpc) is 3.26. The molecule has 1 atom stereocenters. The maximum atomic E-state index is 12.9. The average molecular weight is 364 g/mol. The number of aryl methyl sites for hydroxylation is 1. The first kappa shape index (κ1) is 15.5. The summed E-state index contributed by atoms with van der Waals surface area (Å²) in [5.41, 5.74) is 5.15. The highest BCUT2D eigenvalue weighted by Crippen LogP contribution is 2.36. The minimum Gasteiger partial charge on any atom is -0.361 e. The van der Waals surface area contributed by atoms with Crippen molar-refractivity contribution in [2.45, 2.75) is 25.3 Å². The Morgan fingerprint density at radius 3 is 2.96 bits per heavy atom. The topological polar surface area (TPSA) is 60.7 Å². The highest BCUT2D eigenvalue weighted by Gasteiger charge is 2.26. The van der Waals surface area contributed by atoms with Gasteiger partial charge < -0.3 is 15.3 Å². The summed E-state index contributed by atoms with van der Waals surface area (Å²) in [7, 11) is 0. The van der Waals surface area contributed by atoms with Gasteiger partial charge >= 0.3 is 0 Å². The van der Waals surface area contributed by atoms with E-state index in [0.717, 1.165) is 46.4 Å². The highest BCUT2D eigenvalue weighted by atomic mass is 35.5. The molecule has 4 aromatic rings. The van der Waals surface area contributed by atoms with Crippen molar-refractivity contribution in [2.24, 2.45) is 0 Å². The lowest BCUT2D eigenvalue weighted by Crippen LogP contribution is -2.31. The number of halogens is 1. The van der Waals surface area contributed by atoms with Gasteiger partial charge in [-0.25, -0.2) is 0 Å². The predicted octanol–water partition coefficient (Wildman–Crippen LogP) is 5.11. The molecule has 4 nitrogen and oxygen atoms in total. The van der Waals surface area contributed by atoms with Crippen LogP contribution in [0, 0.1) is 0 Å². The Morgan fingerprint density at radius 1 is 1.12 bits per heavy atom. The van der Waals surface area contributed by atoms with Crippen molar-refractivity contribution in [3.05, 3.63) is 70.5 Å². The Balaban J connectivity index is 1.52. The van der Waals surface area contributed by atoms with E-state index in [9.17, 15) is 4.79 Å². The lowest BCUT2D eigenvalue weighted by molar-refractivity contribution is 0.0933. The zero-order valence-electron chi connectivity index (χ0n) is 14.1. The van der Waals surface area contributed by atoms with Crippen molar-refractivity contribution < 1.29 is 4.79 Å². The van der Waals surface area contributed by atoms with Crippen LogP contribution in [-0.2, 0) is 6.42 Å². The number of H-pyrrole nitrogens is 2. The first-order valence-electron chi connectivity index (χ1n) is 8.87. The zero-order chi connectivity index (χ0) is 17.7. The van der Waals surface area contributed by atoms with E-state index in [1.807, 2.05) is 48.7 Å². The van der Waals surface area contributed by atoms with E-state index in [4.69, 9.17) is 11.6 Å². The van der Waals surface area contributed by atoms with E-state index in [0.29, 0.717) is 5.56 Å². The summed E-state index contributed by atoms with van der Waals surface area (Å²) in [5, 5.41) is 6.09. The molecule has 3 N–H and O–H groups in total. The van der Waals surface area contributed by atoms with Gasteiger partial charge in [-0.1, -0.05) is 17.7 Å². The molecule has 1 aliphatic carbocycles. The summed E-state index contributed by atoms with van der Waals surface area (Å²) in [6.45, 7) is 0. The molecular formula is C21H18ClN3O. The van der Waals surface area contributed by atoms with Crippen LogP contribution >= 0.6 is 11.6 Å². The number of aromatic nitrogens is 2. The molecule has 130 valence electrons. The smallest absolute Gasteiger partial charge is 0.252 e. The van der Waals surface area contributed by atoms with E-state index in [2.05, 4.69) is 15.3 Å². The van der Waals surface area contributed by atoms with Gasteiger partial charge in [0, 0.05) is 44.3 Å². The van der Waals surface area contributed by atoms with Gasteiger partial charge in [0.05, 0.1) is 6.04 Å². The Hall–Kier alpha value is -2.72. The Bertz CT molecular complexity index is 1140. The fourth-order valence-corrected chi connectivity index (χ4v) is 4.27. The molecular weight excluding hydrogens is 346 g/mol. The molecule has 0 bridgehead atoms. The Labute approximate surface area is 155 Å². The van der Waals surface area contributed by atoms with Crippen LogP contribution in [0.5, 0.6) is 0 Å². The molecule has 0 radical (unpaired) electrons. The van der Waals surface area contributed by atoms with E-state index >= 15 is 0 Å². The molecule has 2 aromatic heterocycles. The Kier molecular flexibility index (Phi) is 3.54. The fraction of sp³-hybridized carbons (Fsp3) is 0.190. The van der Waals surface area contributed by atoms with Gasteiger partial charge in [-0.05, 0) is 61.2 Å². The number of fused-ring (bicyclic) bond motifs is 4. The molecule has 0 saturated heterocycles. The van der Waals surface area contributed by atoms with Gasteiger partial charge in [0.15, 0.2) is 0 Å². The maximum absolute atomic E-state index is 12.9. The third-order valence-electron chi connectivity index (χ3n) is 5.31. The van der Waals surface area contributed by atoms with Crippen LogP contribution in [0.1, 0.15) is 40.5 Å². The molecule has 1 amide bonds. The third-order valence-corrected chi connectivity index (χ3v) is 5.55. The van der Waals surface area contributed by atoms with Crippen molar-refractivity contribution in [1.29, 1.82) is 0 Å². The summed E-state index contributed by atoms with van der Waals surface area (Å²) in [6, 6.07) is 13.6. The molecule has 26 heavy (non-hydrogen) atoms. The minimum atomic E-state index is -0.0373. The number of nitrogens with one attached hydrogen (secondary N) is 3. The fourth-order valence-electron chi connectivity index (χ4n) is 4.10. The normalized spacial score (nSPS) is 16.7. The molecule has 5 rings (SSSR count). The molecule has 2 heterocycles. The van der Waals surface area contributed by atoms with Crippen LogP contribution in [0.15, 0.2) is 48.7 Å². The molecule has 0 saturated carbocycles. The first-order chi connectivity index (χ1) is 12.7. The second-order valence-corrected chi connectivity index (χ2v) is 7.31. The number of rotatable bonds is 2. The summed E-state index contributed by atoms with van der Waals surface area (Å²) in [5.74, 6) is -0.0373. The first-order valence-corrected chi connectivity index (χ1v) is 9.25. The highest BCUT2D eigenvalue weighted by molar-refractivity contribution is 6.31. The number of hydrogen-bond donors (Lipinski definition) is 3. The molecule has 1 aliphatic rings. The summed E-state index contributed by atoms with van der Waals surface area (Å²) in [4.78, 5) is 19.6. The van der Waals surface area contributed by atoms with Gasteiger partial charge in [-0.15, -0.1) is 0 Å². The molecule has 2 aromatic carbocycles. The zero-order valence-corrected chi connectivity index (χ0v) is 14.9. The van der Waals surface area contributed by atoms with E-state index in [1.54, 1.807) is 0 Å². The van der Waals surface area contributed by atoms with Crippen LogP contribution in [0.4, 0.5) is 0 Å². The second-order valence-electron chi connectivity index (χ2n) is 6.87. The maximum Gasteiger partial charge on any atom is 0.252 e. The van der Waals surface area contributed by atoms with Crippen LogP contribution in [0.2, 0.25) is 5.02 Å². The SMILES string of the molecule is O=C(N[C@@H]1CCCc2c1[nH]c1ccc(Cl)cc21)c1cccc2[nH]ccc12. The summed E-state index contributed by atoms with van der Waals surface area (Å²) >= 11 is 6.18. The molecule has 0 aliphatic heterocycles. The Morgan fingerprint density at radius 2 is 2.04 bits per heavy atom. The van der Waals surface area contributed by atoms with Crippen molar-refractivity contribution in [3.63, 3.8) is 0 Å². The summed E-state index contributed by atoms with van der Waals surface area (Å²) < 4.78 is 0. The van der Waals surface area contributed by atoms with Gasteiger partial charge in [-0.3, -0.25) is 4.79 Å². The van der Waals surface area contributed by atoms with Crippen LogP contribution < -0.4 is 5.32 Å². The summed E-state index contributed by atoms with van der Waals surface area (Å²) in [6.07, 6.45) is 4.85. The number of carbonyl (C=O) groups is 1. The van der Waals surface area contributed by atoms with Gasteiger partial charge in [0.2, 0.25) is 0 Å². The predicted molar refractivity (Wildman–Crippen MR) is 105 cm³/mol. The number of hydrogen-bond acceptors (Lipinski definition) is 1. The molecule has 0 unspecified atom stereocenters. The van der Waals surface area contributed by atoms with E-state index in [-0.39, 0.29) is 11.9 Å². The number of amides is 1. The van der Waals surface area contributed by atoms with Crippen molar-refractivity contribution in [1.82, 2.24) is 15.3 Å². The van der Waals surface area contributed by atoms with Crippen LogP contribution in [0.25, 0.3) is 21.8 Å². The third kappa shape index (κ3) is 2.41. The molecule has 0 fully saturated rings. The quantitative estimate of drug-likeness (QED) is 0.455. The lowest BCUT2D eigenvalue weighted by Gasteiger charge is -2.24. The van der Waals surface area contributed by atoms with Crippen molar-refractivity contribution >= 4 is 39.3 Å². The second kappa shape index (κ2) is 5.92. The van der Waals surface area contributed by atoms with Gasteiger partial charge in [0.1, 0.15) is 0 Å². The number of carbonyl (C=O) groups excluding carboxylic acids is 1. The standard InChI is InChI=1S/C21H18ClN3O/c22-12-7-8-18-16(11-12)14-3-1-6-19(20(14)24-18)25-21(26)15-4-2-5-17-13(15)9-10-23-17/h2,4-5,7-11,19,23-24H,1,3,6H2,(H,25,26)/t19-/m1/s1. The van der Waals surface area contributed by atoms with Gasteiger partial charge in [0.25, 0.3) is 5.91 Å². The molecule has 0 spiro atoms. The van der Waals surface area contributed by atoms with Crippen molar-refractivity contribution in [2.75, 3.05) is 0 Å². The largest absolute Gasteiger partial charge is 0.361 e. The number of benzene rings is 2.